The molecule has 19 heavy (non-hydrogen) atoms. The minimum atomic E-state index is -0.490. The van der Waals surface area contributed by atoms with Gasteiger partial charge < -0.3 is 11.1 Å². The highest BCUT2D eigenvalue weighted by molar-refractivity contribution is 6.31. The van der Waals surface area contributed by atoms with Gasteiger partial charge in [0.25, 0.3) is 0 Å². The maximum atomic E-state index is 11.0. The number of carbonyl (C=O) groups excluding carboxylic acids is 1. The molecule has 98 valence electrons. The topological polar surface area (TPSA) is 55.1 Å². The van der Waals surface area contributed by atoms with Crippen molar-refractivity contribution < 1.29 is 4.79 Å². The molecule has 0 unspecified atom stereocenters. The van der Waals surface area contributed by atoms with Gasteiger partial charge in [-0.2, -0.15) is 0 Å². The van der Waals surface area contributed by atoms with Crippen molar-refractivity contribution in [2.45, 2.75) is 6.54 Å². The number of benzene rings is 2. The Labute approximate surface area is 121 Å². The molecule has 0 spiro atoms. The molecule has 3 nitrogen and oxygen atoms in total. The Morgan fingerprint density at radius 3 is 2.58 bits per heavy atom. The second-order valence-corrected chi connectivity index (χ2v) is 4.88. The average molecular weight is 295 g/mol. The van der Waals surface area contributed by atoms with Crippen LogP contribution in [0.2, 0.25) is 10.0 Å². The van der Waals surface area contributed by atoms with Gasteiger partial charge >= 0.3 is 0 Å². The maximum absolute atomic E-state index is 11.0. The first-order valence-electron chi connectivity index (χ1n) is 5.64. The minimum Gasteiger partial charge on any atom is -0.381 e. The second kappa shape index (κ2) is 5.95. The fourth-order valence-corrected chi connectivity index (χ4v) is 2.08. The molecule has 0 radical (unpaired) electrons. The van der Waals surface area contributed by atoms with Crippen molar-refractivity contribution in [1.82, 2.24) is 0 Å². The SMILES string of the molecule is NC(=O)c1ccc(CNc2cccc(Cl)c2)c(Cl)c1. The lowest BCUT2D eigenvalue weighted by Crippen LogP contribution is -2.11. The zero-order chi connectivity index (χ0) is 13.8. The van der Waals surface area contributed by atoms with Crippen LogP contribution in [-0.2, 0) is 6.54 Å². The predicted molar refractivity (Wildman–Crippen MR) is 78.7 cm³/mol. The molecule has 0 aromatic heterocycles. The standard InChI is InChI=1S/C14H12Cl2N2O/c15-11-2-1-3-12(7-11)18-8-10-5-4-9(14(17)19)6-13(10)16/h1-7,18H,8H2,(H2,17,19). The molecular formula is C14H12Cl2N2O. The number of rotatable bonds is 4. The number of anilines is 1. The molecule has 0 bridgehead atoms. The van der Waals surface area contributed by atoms with Crippen molar-refractivity contribution in [2.75, 3.05) is 5.32 Å². The lowest BCUT2D eigenvalue weighted by atomic mass is 10.1. The number of carbonyl (C=O) groups is 1. The number of nitrogens with one attached hydrogen (secondary N) is 1. The normalized spacial score (nSPS) is 10.2. The van der Waals surface area contributed by atoms with Crippen LogP contribution < -0.4 is 11.1 Å². The molecule has 2 rings (SSSR count). The lowest BCUT2D eigenvalue weighted by Gasteiger charge is -2.09. The molecule has 0 saturated heterocycles. The first kappa shape index (κ1) is 13.7. The van der Waals surface area contributed by atoms with Crippen molar-refractivity contribution in [3.05, 3.63) is 63.6 Å². The van der Waals surface area contributed by atoms with E-state index < -0.39 is 5.91 Å². The van der Waals surface area contributed by atoms with Gasteiger partial charge in [-0.1, -0.05) is 35.3 Å². The van der Waals surface area contributed by atoms with E-state index in [2.05, 4.69) is 5.32 Å². The summed E-state index contributed by atoms with van der Waals surface area (Å²) in [5.41, 5.74) is 7.37. The first-order valence-corrected chi connectivity index (χ1v) is 6.39. The van der Waals surface area contributed by atoms with E-state index in [0.717, 1.165) is 11.3 Å². The molecule has 0 aliphatic rings. The Bertz CT molecular complexity index is 614. The van der Waals surface area contributed by atoms with Crippen LogP contribution in [0.25, 0.3) is 0 Å². The molecule has 0 heterocycles. The van der Waals surface area contributed by atoms with Gasteiger partial charge in [-0.3, -0.25) is 4.79 Å². The summed E-state index contributed by atoms with van der Waals surface area (Å²) in [5.74, 6) is -0.490. The molecule has 0 aliphatic heterocycles. The van der Waals surface area contributed by atoms with E-state index in [4.69, 9.17) is 28.9 Å². The molecule has 0 fully saturated rings. The summed E-state index contributed by atoms with van der Waals surface area (Å²) in [7, 11) is 0. The van der Waals surface area contributed by atoms with Gasteiger partial charge in [0.15, 0.2) is 0 Å². The molecule has 0 saturated carbocycles. The van der Waals surface area contributed by atoms with Gasteiger partial charge in [0, 0.05) is 27.8 Å². The van der Waals surface area contributed by atoms with Gasteiger partial charge in [0.05, 0.1) is 0 Å². The Morgan fingerprint density at radius 2 is 1.95 bits per heavy atom. The first-order chi connectivity index (χ1) is 9.06. The zero-order valence-corrected chi connectivity index (χ0v) is 11.5. The fourth-order valence-electron chi connectivity index (χ4n) is 1.64. The number of primary amides is 1. The number of halogens is 2. The number of nitrogens with two attached hydrogens (primary N) is 1. The molecular weight excluding hydrogens is 283 g/mol. The Morgan fingerprint density at radius 1 is 1.16 bits per heavy atom. The van der Waals surface area contributed by atoms with Crippen molar-refractivity contribution >= 4 is 34.8 Å². The minimum absolute atomic E-state index is 0.400. The maximum Gasteiger partial charge on any atom is 0.248 e. The molecule has 2 aromatic rings. The van der Waals surface area contributed by atoms with Gasteiger partial charge in [0.2, 0.25) is 5.91 Å². The highest BCUT2D eigenvalue weighted by Gasteiger charge is 2.05. The third-order valence-corrected chi connectivity index (χ3v) is 3.23. The van der Waals surface area contributed by atoms with E-state index in [9.17, 15) is 4.79 Å². The van der Waals surface area contributed by atoms with Crippen LogP contribution in [0.1, 0.15) is 15.9 Å². The van der Waals surface area contributed by atoms with E-state index in [-0.39, 0.29) is 0 Å². The molecule has 0 atom stereocenters. The highest BCUT2D eigenvalue weighted by atomic mass is 35.5. The summed E-state index contributed by atoms with van der Waals surface area (Å²) in [5, 5.41) is 4.38. The zero-order valence-electron chi connectivity index (χ0n) is 9.99. The van der Waals surface area contributed by atoms with Crippen molar-refractivity contribution in [2.24, 2.45) is 5.73 Å². The van der Waals surface area contributed by atoms with E-state index in [1.54, 1.807) is 24.3 Å². The predicted octanol–water partition coefficient (Wildman–Crippen LogP) is 3.70. The number of amides is 1. The van der Waals surface area contributed by atoms with Crippen LogP contribution in [0.5, 0.6) is 0 Å². The van der Waals surface area contributed by atoms with Crippen molar-refractivity contribution in [3.63, 3.8) is 0 Å². The lowest BCUT2D eigenvalue weighted by molar-refractivity contribution is 0.100. The van der Waals surface area contributed by atoms with Crippen LogP contribution in [0, 0.1) is 0 Å². The molecule has 2 aromatic carbocycles. The smallest absolute Gasteiger partial charge is 0.248 e. The summed E-state index contributed by atoms with van der Waals surface area (Å²) in [4.78, 5) is 11.0. The second-order valence-electron chi connectivity index (χ2n) is 4.03. The third-order valence-electron chi connectivity index (χ3n) is 2.65. The summed E-state index contributed by atoms with van der Waals surface area (Å²) >= 11 is 12.0. The van der Waals surface area contributed by atoms with Crippen molar-refractivity contribution in [1.29, 1.82) is 0 Å². The van der Waals surface area contributed by atoms with Gasteiger partial charge in [-0.15, -0.1) is 0 Å². The number of hydrogen-bond acceptors (Lipinski definition) is 2. The fraction of sp³-hybridized carbons (Fsp3) is 0.0714. The van der Waals surface area contributed by atoms with E-state index >= 15 is 0 Å². The molecule has 0 aliphatic carbocycles. The monoisotopic (exact) mass is 294 g/mol. The number of hydrogen-bond donors (Lipinski definition) is 2. The molecule has 1 amide bonds. The Kier molecular flexibility index (Phi) is 4.30. The van der Waals surface area contributed by atoms with Gasteiger partial charge in [0.1, 0.15) is 0 Å². The molecule has 3 N–H and O–H groups in total. The highest BCUT2D eigenvalue weighted by Crippen LogP contribution is 2.20. The van der Waals surface area contributed by atoms with Crippen LogP contribution in [-0.4, -0.2) is 5.91 Å². The van der Waals surface area contributed by atoms with Gasteiger partial charge in [-0.25, -0.2) is 0 Å². The van der Waals surface area contributed by atoms with Crippen LogP contribution in [0.15, 0.2) is 42.5 Å². The van der Waals surface area contributed by atoms with E-state index in [1.807, 2.05) is 18.2 Å². The van der Waals surface area contributed by atoms with Crippen LogP contribution in [0.3, 0.4) is 0 Å². The average Bonchev–Trinajstić information content (AvgIpc) is 2.37. The summed E-state index contributed by atoms with van der Waals surface area (Å²) in [6.07, 6.45) is 0. The van der Waals surface area contributed by atoms with E-state index in [1.165, 1.54) is 0 Å². The van der Waals surface area contributed by atoms with Crippen molar-refractivity contribution in [3.8, 4) is 0 Å². The summed E-state index contributed by atoms with van der Waals surface area (Å²) < 4.78 is 0. The quantitative estimate of drug-likeness (QED) is 0.903. The van der Waals surface area contributed by atoms with Gasteiger partial charge in [-0.05, 0) is 35.9 Å². The molecule has 5 heteroatoms. The van der Waals surface area contributed by atoms with Crippen LogP contribution in [0.4, 0.5) is 5.69 Å². The Balaban J connectivity index is 2.10. The third kappa shape index (κ3) is 3.63. The van der Waals surface area contributed by atoms with E-state index in [0.29, 0.717) is 22.2 Å². The largest absolute Gasteiger partial charge is 0.381 e. The van der Waals surface area contributed by atoms with Crippen LogP contribution >= 0.6 is 23.2 Å². The summed E-state index contributed by atoms with van der Waals surface area (Å²) in [6, 6.07) is 12.4. The summed E-state index contributed by atoms with van der Waals surface area (Å²) in [6.45, 7) is 0.540. The Hall–Kier alpha value is -1.71.